The van der Waals surface area contributed by atoms with E-state index in [1.54, 1.807) is 31.6 Å². The zero-order chi connectivity index (χ0) is 23.2. The first-order valence-electron chi connectivity index (χ1n) is 10.9. The Kier molecular flexibility index (Phi) is 7.09. The summed E-state index contributed by atoms with van der Waals surface area (Å²) >= 11 is 0. The quantitative estimate of drug-likeness (QED) is 0.486. The number of rotatable bonds is 8. The first kappa shape index (κ1) is 22.6. The average molecular weight is 449 g/mol. The molecule has 1 atom stereocenters. The van der Waals surface area contributed by atoms with E-state index in [0.29, 0.717) is 37.8 Å². The highest BCUT2D eigenvalue weighted by Gasteiger charge is 2.31. The summed E-state index contributed by atoms with van der Waals surface area (Å²) in [5.41, 5.74) is 3.33. The van der Waals surface area contributed by atoms with Crippen LogP contribution in [0.5, 0.6) is 5.75 Å². The molecule has 1 amide bonds. The topological polar surface area (TPSA) is 93.6 Å². The van der Waals surface area contributed by atoms with Gasteiger partial charge >= 0.3 is 0 Å². The summed E-state index contributed by atoms with van der Waals surface area (Å²) in [6.07, 6.45) is 7.68. The summed E-state index contributed by atoms with van der Waals surface area (Å²) in [5.74, 6) is 1.46. The predicted molar refractivity (Wildman–Crippen MR) is 124 cm³/mol. The fraction of sp³-hybridized carbons (Fsp3) is 0.375. The number of nitrogens with zero attached hydrogens (tertiary/aromatic N) is 6. The Balaban J connectivity index is 1.51. The van der Waals surface area contributed by atoms with Crippen LogP contribution in [-0.4, -0.2) is 78.3 Å². The first-order chi connectivity index (χ1) is 16.1. The standard InChI is InChI=1S/C24H28N6O3/c1-29(2)24-27-14-21(19-12-25-16-26-13-19)22(28-24)18-8-9-30(15-18)23(31)17-4-6-20(7-5-17)33-11-10-32-3/h4-7,12-14,16,18H,8-11,15H2,1-3H3/t18-/m0/s1. The van der Waals surface area contributed by atoms with Crippen LogP contribution in [0.15, 0.2) is 49.2 Å². The van der Waals surface area contributed by atoms with Crippen LogP contribution in [0.1, 0.15) is 28.4 Å². The predicted octanol–water partition coefficient (Wildman–Crippen LogP) is 2.65. The second kappa shape index (κ2) is 10.4. The molecule has 0 aliphatic carbocycles. The number of carbonyl (C=O) groups excluding carboxylic acids is 1. The Bertz CT molecular complexity index is 1080. The summed E-state index contributed by atoms with van der Waals surface area (Å²) in [6.45, 7) is 2.25. The summed E-state index contributed by atoms with van der Waals surface area (Å²) < 4.78 is 10.6. The monoisotopic (exact) mass is 448 g/mol. The van der Waals surface area contributed by atoms with E-state index >= 15 is 0 Å². The summed E-state index contributed by atoms with van der Waals surface area (Å²) in [5, 5.41) is 0. The van der Waals surface area contributed by atoms with Gasteiger partial charge in [-0.25, -0.2) is 19.9 Å². The fourth-order valence-corrected chi connectivity index (χ4v) is 3.86. The molecular formula is C24H28N6O3. The number of amides is 1. The van der Waals surface area contributed by atoms with Crippen molar-refractivity contribution in [1.82, 2.24) is 24.8 Å². The van der Waals surface area contributed by atoms with E-state index < -0.39 is 0 Å². The number of anilines is 1. The number of carbonyl (C=O) groups is 1. The molecule has 172 valence electrons. The van der Waals surface area contributed by atoms with Crippen molar-refractivity contribution in [1.29, 1.82) is 0 Å². The van der Waals surface area contributed by atoms with Crippen molar-refractivity contribution < 1.29 is 14.3 Å². The van der Waals surface area contributed by atoms with Crippen LogP contribution in [0.3, 0.4) is 0 Å². The minimum Gasteiger partial charge on any atom is -0.491 e. The van der Waals surface area contributed by atoms with E-state index in [4.69, 9.17) is 14.5 Å². The maximum absolute atomic E-state index is 13.1. The zero-order valence-electron chi connectivity index (χ0n) is 19.1. The van der Waals surface area contributed by atoms with Gasteiger partial charge in [0.2, 0.25) is 5.95 Å². The second-order valence-corrected chi connectivity index (χ2v) is 8.09. The minimum atomic E-state index is 0.00688. The van der Waals surface area contributed by atoms with Crippen molar-refractivity contribution in [2.45, 2.75) is 12.3 Å². The van der Waals surface area contributed by atoms with Crippen LogP contribution in [0.25, 0.3) is 11.1 Å². The molecule has 1 saturated heterocycles. The molecule has 1 aliphatic heterocycles. The van der Waals surface area contributed by atoms with Crippen LogP contribution in [0, 0.1) is 0 Å². The molecule has 33 heavy (non-hydrogen) atoms. The average Bonchev–Trinajstić information content (AvgIpc) is 3.34. The molecule has 3 heterocycles. The number of hydrogen-bond acceptors (Lipinski definition) is 8. The van der Waals surface area contributed by atoms with E-state index in [0.717, 1.165) is 29.0 Å². The molecule has 0 N–H and O–H groups in total. The third-order valence-corrected chi connectivity index (χ3v) is 5.60. The number of ether oxygens (including phenoxy) is 2. The highest BCUT2D eigenvalue weighted by molar-refractivity contribution is 5.94. The van der Waals surface area contributed by atoms with Crippen molar-refractivity contribution in [3.05, 3.63) is 60.4 Å². The van der Waals surface area contributed by atoms with Crippen LogP contribution in [-0.2, 0) is 4.74 Å². The van der Waals surface area contributed by atoms with Gasteiger partial charge in [0.15, 0.2) is 0 Å². The van der Waals surface area contributed by atoms with Gasteiger partial charge in [-0.2, -0.15) is 0 Å². The van der Waals surface area contributed by atoms with Crippen LogP contribution in [0.4, 0.5) is 5.95 Å². The van der Waals surface area contributed by atoms with Gasteiger partial charge in [0, 0.05) is 75.5 Å². The Morgan fingerprint density at radius 1 is 1.12 bits per heavy atom. The van der Waals surface area contributed by atoms with Gasteiger partial charge in [0.25, 0.3) is 5.91 Å². The smallest absolute Gasteiger partial charge is 0.253 e. The minimum absolute atomic E-state index is 0.00688. The van der Waals surface area contributed by atoms with Crippen molar-refractivity contribution in [3.8, 4) is 16.9 Å². The molecule has 1 fully saturated rings. The Labute approximate surface area is 193 Å². The van der Waals surface area contributed by atoms with Crippen LogP contribution in [0.2, 0.25) is 0 Å². The SMILES string of the molecule is COCCOc1ccc(C(=O)N2CC[C@H](c3nc(N(C)C)ncc3-c3cncnc3)C2)cc1. The Morgan fingerprint density at radius 2 is 1.88 bits per heavy atom. The largest absolute Gasteiger partial charge is 0.491 e. The molecule has 2 aromatic heterocycles. The van der Waals surface area contributed by atoms with Crippen LogP contribution < -0.4 is 9.64 Å². The summed E-state index contributed by atoms with van der Waals surface area (Å²) in [6, 6.07) is 7.24. The van der Waals surface area contributed by atoms with Crippen molar-refractivity contribution in [2.75, 3.05) is 52.4 Å². The Hall–Kier alpha value is -3.59. The Morgan fingerprint density at radius 3 is 2.58 bits per heavy atom. The molecular weight excluding hydrogens is 420 g/mol. The normalized spacial score (nSPS) is 15.5. The number of hydrogen-bond donors (Lipinski definition) is 0. The van der Waals surface area contributed by atoms with Gasteiger partial charge in [-0.15, -0.1) is 0 Å². The number of aromatic nitrogens is 4. The van der Waals surface area contributed by atoms with E-state index in [9.17, 15) is 4.79 Å². The fourth-order valence-electron chi connectivity index (χ4n) is 3.86. The molecule has 4 rings (SSSR count). The molecule has 9 heteroatoms. The lowest BCUT2D eigenvalue weighted by Gasteiger charge is -2.19. The highest BCUT2D eigenvalue weighted by atomic mass is 16.5. The lowest BCUT2D eigenvalue weighted by Crippen LogP contribution is -2.28. The lowest BCUT2D eigenvalue weighted by molar-refractivity contribution is 0.0790. The van der Waals surface area contributed by atoms with Crippen molar-refractivity contribution >= 4 is 11.9 Å². The van der Waals surface area contributed by atoms with Crippen molar-refractivity contribution in [3.63, 3.8) is 0 Å². The first-order valence-corrected chi connectivity index (χ1v) is 10.9. The van der Waals surface area contributed by atoms with Crippen LogP contribution >= 0.6 is 0 Å². The van der Waals surface area contributed by atoms with E-state index in [2.05, 4.69) is 15.0 Å². The van der Waals surface area contributed by atoms with Crippen molar-refractivity contribution in [2.24, 2.45) is 0 Å². The van der Waals surface area contributed by atoms with Gasteiger partial charge in [-0.1, -0.05) is 0 Å². The second-order valence-electron chi connectivity index (χ2n) is 8.09. The molecule has 0 radical (unpaired) electrons. The summed E-state index contributed by atoms with van der Waals surface area (Å²) in [7, 11) is 5.46. The zero-order valence-corrected chi connectivity index (χ0v) is 19.1. The lowest BCUT2D eigenvalue weighted by atomic mass is 9.97. The summed E-state index contributed by atoms with van der Waals surface area (Å²) in [4.78, 5) is 34.5. The van der Waals surface area contributed by atoms with Gasteiger partial charge in [0.1, 0.15) is 18.7 Å². The number of likely N-dealkylation sites (tertiary alicyclic amines) is 1. The number of benzene rings is 1. The molecule has 1 aliphatic rings. The van der Waals surface area contributed by atoms with E-state index in [-0.39, 0.29) is 11.8 Å². The molecule has 0 unspecified atom stereocenters. The molecule has 0 bridgehead atoms. The third kappa shape index (κ3) is 5.25. The molecule has 0 spiro atoms. The molecule has 3 aromatic rings. The third-order valence-electron chi connectivity index (χ3n) is 5.60. The maximum Gasteiger partial charge on any atom is 0.253 e. The van der Waals surface area contributed by atoms with Gasteiger partial charge < -0.3 is 19.3 Å². The van der Waals surface area contributed by atoms with E-state index in [1.165, 1.54) is 6.33 Å². The van der Waals surface area contributed by atoms with Gasteiger partial charge in [0.05, 0.1) is 12.3 Å². The van der Waals surface area contributed by atoms with Gasteiger partial charge in [-0.3, -0.25) is 4.79 Å². The maximum atomic E-state index is 13.1. The molecule has 1 aromatic carbocycles. The number of methoxy groups -OCH3 is 1. The molecule has 9 nitrogen and oxygen atoms in total. The van der Waals surface area contributed by atoms with Gasteiger partial charge in [-0.05, 0) is 30.7 Å². The molecule has 0 saturated carbocycles. The van der Waals surface area contributed by atoms with E-state index in [1.807, 2.05) is 42.2 Å². The highest BCUT2D eigenvalue weighted by Crippen LogP contribution is 2.34.